The molecule has 0 aliphatic carbocycles. The van der Waals surface area contributed by atoms with Gasteiger partial charge in [-0.25, -0.2) is 18.4 Å². The molecule has 1 aromatic carbocycles. The summed E-state index contributed by atoms with van der Waals surface area (Å²) in [7, 11) is -2.94. The maximum absolute atomic E-state index is 15.1. The fourth-order valence-electron chi connectivity index (χ4n) is 3.24. The lowest BCUT2D eigenvalue weighted by Gasteiger charge is -2.17. The Labute approximate surface area is 199 Å². The van der Waals surface area contributed by atoms with Crippen molar-refractivity contribution in [1.82, 2.24) is 20.2 Å². The first-order valence-corrected chi connectivity index (χ1v) is 12.4. The quantitative estimate of drug-likeness (QED) is 0.319. The molecular formula is C22H18Cl2FN5O2S. The normalized spacial score (nSPS) is 14.8. The highest BCUT2D eigenvalue weighted by atomic mass is 35.5. The zero-order chi connectivity index (χ0) is 23.8. The topological polar surface area (TPSA) is 105 Å². The van der Waals surface area contributed by atoms with Crippen LogP contribution in [0.25, 0.3) is 22.8 Å². The average molecular weight is 506 g/mol. The fourth-order valence-corrected chi connectivity index (χ4v) is 4.50. The van der Waals surface area contributed by atoms with E-state index in [0.717, 1.165) is 0 Å². The Morgan fingerprint density at radius 3 is 2.58 bits per heavy atom. The molecule has 170 valence electrons. The van der Waals surface area contributed by atoms with Crippen LogP contribution < -0.4 is 4.74 Å². The van der Waals surface area contributed by atoms with Gasteiger partial charge in [-0.2, -0.15) is 5.10 Å². The molecule has 0 fully saturated rings. The van der Waals surface area contributed by atoms with E-state index in [1.807, 2.05) is 0 Å². The largest absolute Gasteiger partial charge is 0.486 e. The first-order chi connectivity index (χ1) is 15.6. The molecule has 0 radical (unpaired) electrons. The Morgan fingerprint density at radius 1 is 1.21 bits per heavy atom. The van der Waals surface area contributed by atoms with Crippen molar-refractivity contribution in [1.29, 1.82) is 4.78 Å². The maximum Gasteiger partial charge on any atom is 0.151 e. The molecule has 3 aromatic heterocycles. The molecular weight excluding hydrogens is 488 g/mol. The number of ether oxygens (including phenoxy) is 1. The van der Waals surface area contributed by atoms with E-state index < -0.39 is 21.7 Å². The van der Waals surface area contributed by atoms with Crippen LogP contribution in [0, 0.1) is 4.78 Å². The van der Waals surface area contributed by atoms with Gasteiger partial charge in [0.25, 0.3) is 0 Å². The Kier molecular flexibility index (Phi) is 6.38. The number of rotatable bonds is 6. The molecule has 2 atom stereocenters. The number of aromatic nitrogens is 4. The molecule has 3 heterocycles. The summed E-state index contributed by atoms with van der Waals surface area (Å²) >= 11 is 12.4. The zero-order valence-corrected chi connectivity index (χ0v) is 19.8. The Bertz CT molecular complexity index is 1450. The molecule has 33 heavy (non-hydrogen) atoms. The minimum atomic E-state index is -2.94. The summed E-state index contributed by atoms with van der Waals surface area (Å²) in [6, 6.07) is 8.14. The molecule has 0 aliphatic rings. The van der Waals surface area contributed by atoms with E-state index in [0.29, 0.717) is 37.8 Å². The third-order valence-electron chi connectivity index (χ3n) is 4.82. The van der Waals surface area contributed by atoms with Crippen molar-refractivity contribution in [3.63, 3.8) is 0 Å². The summed E-state index contributed by atoms with van der Waals surface area (Å²) in [4.78, 5) is 7.93. The molecule has 2 N–H and O–H groups in total. The molecule has 0 bridgehead atoms. The van der Waals surface area contributed by atoms with Crippen LogP contribution in [0.5, 0.6) is 5.75 Å². The lowest BCUT2D eigenvalue weighted by molar-refractivity contribution is 0.227. The third-order valence-corrected chi connectivity index (χ3v) is 6.46. The van der Waals surface area contributed by atoms with Gasteiger partial charge >= 0.3 is 0 Å². The van der Waals surface area contributed by atoms with Crippen molar-refractivity contribution in [3.8, 4) is 5.75 Å². The van der Waals surface area contributed by atoms with E-state index in [4.69, 9.17) is 32.7 Å². The Balaban J connectivity index is 1.63. The van der Waals surface area contributed by atoms with Crippen molar-refractivity contribution in [2.45, 2.75) is 18.1 Å². The van der Waals surface area contributed by atoms with Crippen molar-refractivity contribution in [2.24, 2.45) is 0 Å². The number of H-pyrrole nitrogens is 1. The highest BCUT2D eigenvalue weighted by Gasteiger charge is 2.17. The summed E-state index contributed by atoms with van der Waals surface area (Å²) in [6.07, 6.45) is 6.41. The number of nitrogens with one attached hydrogen (secondary N) is 2. The summed E-state index contributed by atoms with van der Waals surface area (Å²) < 4.78 is 40.4. The summed E-state index contributed by atoms with van der Waals surface area (Å²) in [5.41, 5.74) is 1.78. The molecule has 7 nitrogen and oxygen atoms in total. The van der Waals surface area contributed by atoms with Gasteiger partial charge in [0.2, 0.25) is 0 Å². The number of halogens is 3. The predicted octanol–water partition coefficient (Wildman–Crippen LogP) is 6.30. The molecule has 4 aromatic rings. The van der Waals surface area contributed by atoms with Gasteiger partial charge in [0, 0.05) is 35.8 Å². The van der Waals surface area contributed by atoms with E-state index in [1.54, 1.807) is 31.2 Å². The number of nitrogens with zero attached hydrogens (tertiary/aromatic N) is 3. The van der Waals surface area contributed by atoms with E-state index in [2.05, 4.69) is 20.2 Å². The minimum Gasteiger partial charge on any atom is -0.486 e. The molecule has 0 saturated heterocycles. The molecule has 4 rings (SSSR count). The van der Waals surface area contributed by atoms with Crippen LogP contribution in [0.1, 0.15) is 29.8 Å². The second-order valence-corrected chi connectivity index (χ2v) is 10.2. The van der Waals surface area contributed by atoms with E-state index in [-0.39, 0.29) is 10.7 Å². The lowest BCUT2D eigenvalue weighted by Crippen LogP contribution is -2.05. The first kappa shape index (κ1) is 23.2. The molecule has 0 saturated carbocycles. The van der Waals surface area contributed by atoms with E-state index in [9.17, 15) is 4.21 Å². The van der Waals surface area contributed by atoms with Gasteiger partial charge in [0.1, 0.15) is 22.6 Å². The van der Waals surface area contributed by atoms with Gasteiger partial charge in [0.05, 0.1) is 25.3 Å². The van der Waals surface area contributed by atoms with Crippen LogP contribution in [-0.4, -0.2) is 30.6 Å². The second-order valence-electron chi connectivity index (χ2n) is 7.32. The minimum absolute atomic E-state index is 0.104. The van der Waals surface area contributed by atoms with E-state index in [1.165, 1.54) is 37.0 Å². The SMILES string of the molecule is CC(Oc1ccc2[nH]nc(/C(F)=C/c3ccc(S(C)(=N)=O)nc3)c2c1)c1c(Cl)cncc1Cl. The number of pyridine rings is 2. The van der Waals surface area contributed by atoms with Crippen molar-refractivity contribution >= 4 is 55.7 Å². The van der Waals surface area contributed by atoms with Crippen LogP contribution in [0.2, 0.25) is 10.0 Å². The molecule has 0 amide bonds. The van der Waals surface area contributed by atoms with Crippen LogP contribution >= 0.6 is 23.2 Å². The number of hydrogen-bond donors (Lipinski definition) is 2. The van der Waals surface area contributed by atoms with Crippen LogP contribution in [0.3, 0.4) is 0 Å². The van der Waals surface area contributed by atoms with E-state index >= 15 is 4.39 Å². The van der Waals surface area contributed by atoms with Crippen LogP contribution in [0.4, 0.5) is 4.39 Å². The number of fused-ring (bicyclic) bond motifs is 1. The van der Waals surface area contributed by atoms with Gasteiger partial charge in [-0.1, -0.05) is 29.3 Å². The van der Waals surface area contributed by atoms with Crippen molar-refractivity contribution in [3.05, 3.63) is 75.8 Å². The monoisotopic (exact) mass is 505 g/mol. The predicted molar refractivity (Wildman–Crippen MR) is 128 cm³/mol. The Morgan fingerprint density at radius 2 is 1.94 bits per heavy atom. The van der Waals surface area contributed by atoms with Crippen LogP contribution in [0.15, 0.2) is 53.9 Å². The molecule has 0 spiro atoms. The highest BCUT2D eigenvalue weighted by molar-refractivity contribution is 7.91. The highest BCUT2D eigenvalue weighted by Crippen LogP contribution is 2.34. The van der Waals surface area contributed by atoms with Gasteiger partial charge in [0.15, 0.2) is 5.83 Å². The van der Waals surface area contributed by atoms with Gasteiger partial charge < -0.3 is 4.74 Å². The Hall–Kier alpha value is -3.01. The van der Waals surface area contributed by atoms with Gasteiger partial charge in [-0.15, -0.1) is 0 Å². The van der Waals surface area contributed by atoms with Gasteiger partial charge in [-0.3, -0.25) is 10.1 Å². The molecule has 0 aliphatic heterocycles. The van der Waals surface area contributed by atoms with Crippen molar-refractivity contribution in [2.75, 3.05) is 6.26 Å². The number of hydrogen-bond acceptors (Lipinski definition) is 6. The second kappa shape index (κ2) is 9.09. The average Bonchev–Trinajstić information content (AvgIpc) is 3.17. The first-order valence-electron chi connectivity index (χ1n) is 9.64. The maximum atomic E-state index is 15.1. The molecule has 2 unspecified atom stereocenters. The van der Waals surface area contributed by atoms with Gasteiger partial charge in [-0.05, 0) is 42.8 Å². The van der Waals surface area contributed by atoms with Crippen molar-refractivity contribution < 1.29 is 13.3 Å². The third kappa shape index (κ3) is 5.00. The number of aromatic amines is 1. The zero-order valence-electron chi connectivity index (χ0n) is 17.5. The molecule has 11 heteroatoms. The number of benzene rings is 1. The summed E-state index contributed by atoms with van der Waals surface area (Å²) in [5.74, 6) is -0.113. The lowest BCUT2D eigenvalue weighted by atomic mass is 10.1. The van der Waals surface area contributed by atoms with Crippen LogP contribution in [-0.2, 0) is 9.73 Å². The standard InChI is InChI=1S/C22H18Cl2FN5O2S/c1-12(21-16(23)10-27-11-17(21)24)32-14-4-5-19-15(8-14)22(30-29-19)18(25)7-13-3-6-20(28-9-13)33(2,26)31/h3-12,26H,1-2H3,(H,29,30)/b18-7-. The fraction of sp³-hybridized carbons (Fsp3) is 0.136. The smallest absolute Gasteiger partial charge is 0.151 e. The summed E-state index contributed by atoms with van der Waals surface area (Å²) in [6.45, 7) is 1.80. The summed E-state index contributed by atoms with van der Waals surface area (Å²) in [5, 5.41) is 8.31.